The molecule has 90 valence electrons. The highest BCUT2D eigenvalue weighted by Crippen LogP contribution is 2.44. The van der Waals surface area contributed by atoms with Crippen molar-refractivity contribution in [2.24, 2.45) is 16.7 Å². The summed E-state index contributed by atoms with van der Waals surface area (Å²) in [6, 6.07) is 0. The summed E-state index contributed by atoms with van der Waals surface area (Å²) >= 11 is 0. The van der Waals surface area contributed by atoms with Crippen molar-refractivity contribution < 1.29 is 12.6 Å². The Labute approximate surface area is 93.3 Å². The second-order valence-corrected chi connectivity index (χ2v) is 8.22. The molecule has 0 aliphatic carbocycles. The quantitative estimate of drug-likeness (QED) is 0.605. The summed E-state index contributed by atoms with van der Waals surface area (Å²) < 4.78 is 28.3. The summed E-state index contributed by atoms with van der Waals surface area (Å²) in [6.07, 6.45) is -0.206. The van der Waals surface area contributed by atoms with Gasteiger partial charge in [-0.05, 0) is 10.8 Å². The molecule has 0 saturated carbocycles. The van der Waals surface area contributed by atoms with E-state index < -0.39 is 10.1 Å². The van der Waals surface area contributed by atoms with Crippen LogP contribution in [0.15, 0.2) is 0 Å². The van der Waals surface area contributed by atoms with Crippen LogP contribution < -0.4 is 0 Å². The summed E-state index contributed by atoms with van der Waals surface area (Å²) in [6.45, 7) is 12.3. The molecular weight excluding hydrogens is 212 g/mol. The number of hydrogen-bond donors (Lipinski definition) is 0. The molecule has 1 aliphatic heterocycles. The van der Waals surface area contributed by atoms with Gasteiger partial charge in [-0.25, -0.2) is 0 Å². The standard InChI is InChI=1S/C11H22O3S/c1-10(2,3)8-7-15(12,13)14-9(8)11(4,5)6/h8-9H,7H2,1-6H3. The van der Waals surface area contributed by atoms with Gasteiger partial charge >= 0.3 is 0 Å². The van der Waals surface area contributed by atoms with Crippen LogP contribution in [-0.4, -0.2) is 20.3 Å². The Morgan fingerprint density at radius 1 is 1.00 bits per heavy atom. The average Bonchev–Trinajstić information content (AvgIpc) is 2.23. The van der Waals surface area contributed by atoms with Crippen LogP contribution in [0.2, 0.25) is 0 Å². The molecule has 4 heteroatoms. The van der Waals surface area contributed by atoms with E-state index in [1.165, 1.54) is 0 Å². The first kappa shape index (κ1) is 13.0. The highest BCUT2D eigenvalue weighted by Gasteiger charge is 2.49. The van der Waals surface area contributed by atoms with Crippen molar-refractivity contribution in [2.75, 3.05) is 5.75 Å². The Kier molecular flexibility index (Phi) is 2.99. The molecule has 0 aromatic rings. The summed E-state index contributed by atoms with van der Waals surface area (Å²) in [4.78, 5) is 0. The zero-order valence-corrected chi connectivity index (χ0v) is 11.3. The van der Waals surface area contributed by atoms with E-state index in [2.05, 4.69) is 20.8 Å². The van der Waals surface area contributed by atoms with Gasteiger partial charge in [-0.2, -0.15) is 8.42 Å². The molecule has 15 heavy (non-hydrogen) atoms. The van der Waals surface area contributed by atoms with E-state index in [0.29, 0.717) is 0 Å². The van der Waals surface area contributed by atoms with Crippen LogP contribution >= 0.6 is 0 Å². The van der Waals surface area contributed by atoms with Crippen molar-refractivity contribution in [3.8, 4) is 0 Å². The fourth-order valence-electron chi connectivity index (χ4n) is 2.02. The lowest BCUT2D eigenvalue weighted by Gasteiger charge is -2.36. The maximum atomic E-state index is 11.5. The van der Waals surface area contributed by atoms with E-state index in [9.17, 15) is 8.42 Å². The molecule has 0 amide bonds. The number of rotatable bonds is 0. The largest absolute Gasteiger partial charge is 0.268 e. The molecule has 0 bridgehead atoms. The second kappa shape index (κ2) is 3.45. The first-order chi connectivity index (χ1) is 6.43. The van der Waals surface area contributed by atoms with Crippen molar-refractivity contribution in [1.82, 2.24) is 0 Å². The summed E-state index contributed by atoms with van der Waals surface area (Å²) in [5.41, 5.74) is -0.178. The minimum Gasteiger partial charge on any atom is -0.266 e. The normalized spacial score (nSPS) is 31.9. The van der Waals surface area contributed by atoms with Crippen LogP contribution in [-0.2, 0) is 14.3 Å². The topological polar surface area (TPSA) is 43.4 Å². The molecule has 2 atom stereocenters. The van der Waals surface area contributed by atoms with E-state index >= 15 is 0 Å². The van der Waals surface area contributed by atoms with Gasteiger partial charge in [0.1, 0.15) is 0 Å². The molecule has 3 nitrogen and oxygen atoms in total. The SMILES string of the molecule is CC(C)(C)C1CS(=O)(=O)OC1C(C)(C)C. The Bertz CT molecular complexity index is 302. The molecule has 0 spiro atoms. The predicted molar refractivity (Wildman–Crippen MR) is 61.1 cm³/mol. The minimum atomic E-state index is -3.31. The van der Waals surface area contributed by atoms with Gasteiger partial charge in [0.05, 0.1) is 11.9 Å². The van der Waals surface area contributed by atoms with Gasteiger partial charge in [-0.3, -0.25) is 4.18 Å². The van der Waals surface area contributed by atoms with Crippen LogP contribution in [0.3, 0.4) is 0 Å². The molecule has 1 saturated heterocycles. The maximum Gasteiger partial charge on any atom is 0.268 e. The summed E-state index contributed by atoms with van der Waals surface area (Å²) in [5.74, 6) is 0.223. The van der Waals surface area contributed by atoms with E-state index in [1.54, 1.807) is 0 Å². The van der Waals surface area contributed by atoms with E-state index in [4.69, 9.17) is 4.18 Å². The third-order valence-corrected chi connectivity index (χ3v) is 4.23. The molecule has 1 heterocycles. The van der Waals surface area contributed by atoms with E-state index in [1.807, 2.05) is 20.8 Å². The molecule has 0 radical (unpaired) electrons. The third-order valence-electron chi connectivity index (χ3n) is 2.97. The summed E-state index contributed by atoms with van der Waals surface area (Å²) in [7, 11) is -3.31. The molecule has 1 aliphatic rings. The van der Waals surface area contributed by atoms with Crippen LogP contribution in [0.5, 0.6) is 0 Å². The predicted octanol–water partition coefficient (Wildman–Crippen LogP) is 2.42. The zero-order valence-electron chi connectivity index (χ0n) is 10.5. The average molecular weight is 234 g/mol. The van der Waals surface area contributed by atoms with Crippen LogP contribution in [0.4, 0.5) is 0 Å². The molecule has 0 N–H and O–H groups in total. The Hall–Kier alpha value is -0.0900. The Balaban J connectivity index is 3.06. The lowest BCUT2D eigenvalue weighted by Crippen LogP contribution is -2.38. The first-order valence-corrected chi connectivity index (χ1v) is 6.92. The van der Waals surface area contributed by atoms with E-state index in [-0.39, 0.29) is 28.6 Å². The molecule has 0 aromatic carbocycles. The fourth-order valence-corrected chi connectivity index (χ4v) is 3.96. The van der Waals surface area contributed by atoms with Gasteiger partial charge in [-0.1, -0.05) is 41.5 Å². The van der Waals surface area contributed by atoms with Crippen molar-refractivity contribution in [3.63, 3.8) is 0 Å². The van der Waals surface area contributed by atoms with E-state index in [0.717, 1.165) is 0 Å². The lowest BCUT2D eigenvalue weighted by molar-refractivity contribution is 0.0283. The fraction of sp³-hybridized carbons (Fsp3) is 1.00. The Morgan fingerprint density at radius 3 is 1.73 bits per heavy atom. The van der Waals surface area contributed by atoms with Crippen LogP contribution in [0.25, 0.3) is 0 Å². The molecule has 2 unspecified atom stereocenters. The van der Waals surface area contributed by atoms with Gasteiger partial charge in [0, 0.05) is 5.92 Å². The number of hydrogen-bond acceptors (Lipinski definition) is 3. The third kappa shape index (κ3) is 2.94. The van der Waals surface area contributed by atoms with Gasteiger partial charge in [0.2, 0.25) is 0 Å². The molecular formula is C11H22O3S. The highest BCUT2D eigenvalue weighted by molar-refractivity contribution is 7.86. The minimum absolute atomic E-state index is 0.0402. The van der Waals surface area contributed by atoms with Crippen molar-refractivity contribution in [2.45, 2.75) is 47.6 Å². The van der Waals surface area contributed by atoms with Crippen molar-refractivity contribution in [1.29, 1.82) is 0 Å². The monoisotopic (exact) mass is 234 g/mol. The van der Waals surface area contributed by atoms with Gasteiger partial charge < -0.3 is 0 Å². The molecule has 1 rings (SSSR count). The molecule has 0 aromatic heterocycles. The molecule has 1 fully saturated rings. The first-order valence-electron chi connectivity index (χ1n) is 5.34. The van der Waals surface area contributed by atoms with Crippen molar-refractivity contribution in [3.05, 3.63) is 0 Å². The maximum absolute atomic E-state index is 11.5. The van der Waals surface area contributed by atoms with Crippen LogP contribution in [0.1, 0.15) is 41.5 Å². The summed E-state index contributed by atoms with van der Waals surface area (Å²) in [5, 5.41) is 0. The smallest absolute Gasteiger partial charge is 0.266 e. The lowest BCUT2D eigenvalue weighted by atomic mass is 9.71. The second-order valence-electron chi connectivity index (χ2n) is 6.58. The highest BCUT2D eigenvalue weighted by atomic mass is 32.2. The van der Waals surface area contributed by atoms with Crippen LogP contribution in [0, 0.1) is 16.7 Å². The van der Waals surface area contributed by atoms with Gasteiger partial charge in [0.15, 0.2) is 0 Å². The Morgan fingerprint density at radius 2 is 1.47 bits per heavy atom. The zero-order chi connectivity index (χ0) is 12.1. The van der Waals surface area contributed by atoms with Crippen molar-refractivity contribution >= 4 is 10.1 Å². The van der Waals surface area contributed by atoms with Gasteiger partial charge in [0.25, 0.3) is 10.1 Å². The van der Waals surface area contributed by atoms with Gasteiger partial charge in [-0.15, -0.1) is 0 Å².